The van der Waals surface area contributed by atoms with Crippen LogP contribution in [0.3, 0.4) is 0 Å². The lowest BCUT2D eigenvalue weighted by atomic mass is 9.96. The Morgan fingerprint density at radius 3 is 1.96 bits per heavy atom. The molecule has 0 aliphatic rings. The molecule has 2 aromatic rings. The monoisotopic (exact) mass is 350 g/mol. The van der Waals surface area contributed by atoms with Gasteiger partial charge in [-0.15, -0.1) is 0 Å². The molecule has 0 aromatic heterocycles. The van der Waals surface area contributed by atoms with Crippen LogP contribution in [0.4, 0.5) is 30.7 Å². The Hall–Kier alpha value is -2.38. The second-order valence-electron chi connectivity index (χ2n) is 5.01. The molecule has 0 aliphatic heterocycles. The maximum absolute atomic E-state index is 13.9. The summed E-state index contributed by atoms with van der Waals surface area (Å²) in [5.41, 5.74) is -3.83. The molecule has 8 heteroatoms. The molecule has 2 rings (SSSR count). The molecule has 0 aliphatic carbocycles. The van der Waals surface area contributed by atoms with Crippen molar-refractivity contribution in [1.82, 2.24) is 0 Å². The molecule has 1 nitrogen and oxygen atoms in total. The van der Waals surface area contributed by atoms with E-state index in [1.165, 1.54) is 0 Å². The molecule has 0 spiro atoms. The van der Waals surface area contributed by atoms with Crippen LogP contribution < -0.4 is 0 Å². The number of carbonyl (C=O) groups excluding carboxylic acids is 1. The highest BCUT2D eigenvalue weighted by atomic mass is 19.4. The van der Waals surface area contributed by atoms with Gasteiger partial charge in [0.15, 0.2) is 5.78 Å². The lowest BCUT2D eigenvalue weighted by molar-refractivity contribution is -0.138. The largest absolute Gasteiger partial charge is 0.417 e. The first-order chi connectivity index (χ1) is 10.9. The van der Waals surface area contributed by atoms with Gasteiger partial charge in [-0.05, 0) is 30.7 Å². The highest BCUT2D eigenvalue weighted by Gasteiger charge is 2.35. The van der Waals surface area contributed by atoms with Gasteiger partial charge in [0.05, 0.1) is 11.1 Å². The third-order valence-electron chi connectivity index (χ3n) is 3.31. The molecular formula is C16H9F7O. The first kappa shape index (κ1) is 18.0. The van der Waals surface area contributed by atoms with Crippen LogP contribution in [0.2, 0.25) is 0 Å². The highest BCUT2D eigenvalue weighted by Crippen LogP contribution is 2.37. The summed E-state index contributed by atoms with van der Waals surface area (Å²) in [7, 11) is 0. The average molecular weight is 350 g/mol. The Kier molecular flexibility index (Phi) is 4.43. The minimum Gasteiger partial charge on any atom is -0.294 e. The number of benzene rings is 2. The van der Waals surface area contributed by atoms with E-state index in [4.69, 9.17) is 0 Å². The molecular weight excluding hydrogens is 341 g/mol. The van der Waals surface area contributed by atoms with Crippen LogP contribution in [-0.2, 0) is 12.4 Å². The average Bonchev–Trinajstić information content (AvgIpc) is 2.44. The molecule has 0 saturated carbocycles. The minimum absolute atomic E-state index is 0.210. The SMILES string of the molecule is CC(=O)c1ccc(-c2ccc(C(F)(F)F)cc2F)cc1C(F)(F)F. The Morgan fingerprint density at radius 2 is 1.50 bits per heavy atom. The van der Waals surface area contributed by atoms with Crippen molar-refractivity contribution in [3.8, 4) is 11.1 Å². The molecule has 0 N–H and O–H groups in total. The van der Waals surface area contributed by atoms with Crippen molar-refractivity contribution in [1.29, 1.82) is 0 Å². The van der Waals surface area contributed by atoms with Gasteiger partial charge in [-0.1, -0.05) is 18.2 Å². The van der Waals surface area contributed by atoms with E-state index < -0.39 is 46.2 Å². The Labute approximate surface area is 131 Å². The van der Waals surface area contributed by atoms with Gasteiger partial charge in [-0.25, -0.2) is 4.39 Å². The van der Waals surface area contributed by atoms with E-state index in [1.54, 1.807) is 0 Å². The summed E-state index contributed by atoms with van der Waals surface area (Å²) in [6, 6.07) is 4.00. The van der Waals surface area contributed by atoms with Crippen molar-refractivity contribution in [2.45, 2.75) is 19.3 Å². The molecule has 0 atom stereocenters. The first-order valence-electron chi connectivity index (χ1n) is 6.50. The highest BCUT2D eigenvalue weighted by molar-refractivity contribution is 5.96. The molecule has 128 valence electrons. The van der Waals surface area contributed by atoms with E-state index in [2.05, 4.69) is 0 Å². The van der Waals surface area contributed by atoms with Gasteiger partial charge in [-0.3, -0.25) is 4.79 Å². The van der Waals surface area contributed by atoms with Crippen LogP contribution in [0.1, 0.15) is 28.4 Å². The molecule has 0 saturated heterocycles. The van der Waals surface area contributed by atoms with Crippen molar-refractivity contribution in [2.75, 3.05) is 0 Å². The predicted molar refractivity (Wildman–Crippen MR) is 71.8 cm³/mol. The number of hydrogen-bond acceptors (Lipinski definition) is 1. The Balaban J connectivity index is 2.60. The summed E-state index contributed by atoms with van der Waals surface area (Å²) >= 11 is 0. The van der Waals surface area contributed by atoms with Gasteiger partial charge in [0.25, 0.3) is 0 Å². The smallest absolute Gasteiger partial charge is 0.294 e. The quantitative estimate of drug-likeness (QED) is 0.499. The zero-order valence-electron chi connectivity index (χ0n) is 12.0. The number of alkyl halides is 6. The molecule has 0 radical (unpaired) electrons. The summed E-state index contributed by atoms with van der Waals surface area (Å²) in [5, 5.41) is 0. The van der Waals surface area contributed by atoms with Gasteiger partial charge < -0.3 is 0 Å². The molecule has 0 unspecified atom stereocenters. The number of rotatable bonds is 2. The fourth-order valence-corrected chi connectivity index (χ4v) is 2.18. The standard InChI is InChI=1S/C16H9F7O/c1-8(24)11-4-2-9(6-13(11)16(21,22)23)12-5-3-10(7-14(12)17)15(18,19)20/h2-7H,1H3. The fraction of sp³-hybridized carbons (Fsp3) is 0.188. The second kappa shape index (κ2) is 5.92. The molecule has 24 heavy (non-hydrogen) atoms. The summed E-state index contributed by atoms with van der Waals surface area (Å²) in [6.07, 6.45) is -9.63. The summed E-state index contributed by atoms with van der Waals surface area (Å²) in [4.78, 5) is 11.3. The van der Waals surface area contributed by atoms with E-state index in [0.717, 1.165) is 25.1 Å². The van der Waals surface area contributed by atoms with Crippen LogP contribution in [0, 0.1) is 5.82 Å². The Bertz CT molecular complexity index is 788. The van der Waals surface area contributed by atoms with Crippen molar-refractivity contribution < 1.29 is 35.5 Å². The number of hydrogen-bond donors (Lipinski definition) is 0. The molecule has 0 amide bonds. The number of carbonyl (C=O) groups is 1. The number of halogens is 7. The lowest BCUT2D eigenvalue weighted by Crippen LogP contribution is -2.12. The first-order valence-corrected chi connectivity index (χ1v) is 6.50. The van der Waals surface area contributed by atoms with Gasteiger partial charge >= 0.3 is 12.4 Å². The van der Waals surface area contributed by atoms with Crippen LogP contribution in [0.25, 0.3) is 11.1 Å². The summed E-state index contributed by atoms with van der Waals surface area (Å²) in [5.74, 6) is -2.14. The normalized spacial score (nSPS) is 12.3. The summed E-state index contributed by atoms with van der Waals surface area (Å²) < 4.78 is 90.5. The molecule has 0 bridgehead atoms. The maximum atomic E-state index is 13.9. The van der Waals surface area contributed by atoms with E-state index in [0.29, 0.717) is 12.1 Å². The van der Waals surface area contributed by atoms with Gasteiger partial charge in [0.2, 0.25) is 0 Å². The van der Waals surface area contributed by atoms with Gasteiger partial charge in [0.1, 0.15) is 5.82 Å². The molecule has 2 aromatic carbocycles. The molecule has 0 heterocycles. The second-order valence-corrected chi connectivity index (χ2v) is 5.01. The van der Waals surface area contributed by atoms with Crippen molar-refractivity contribution in [2.24, 2.45) is 0 Å². The van der Waals surface area contributed by atoms with E-state index in [1.807, 2.05) is 0 Å². The third-order valence-corrected chi connectivity index (χ3v) is 3.31. The van der Waals surface area contributed by atoms with Crippen LogP contribution >= 0.6 is 0 Å². The van der Waals surface area contributed by atoms with Crippen molar-refractivity contribution in [3.05, 3.63) is 58.9 Å². The topological polar surface area (TPSA) is 17.1 Å². The van der Waals surface area contributed by atoms with Crippen LogP contribution in [0.15, 0.2) is 36.4 Å². The van der Waals surface area contributed by atoms with Crippen molar-refractivity contribution >= 4 is 5.78 Å². The molecule has 0 fully saturated rings. The van der Waals surface area contributed by atoms with E-state index in [9.17, 15) is 35.5 Å². The zero-order valence-corrected chi connectivity index (χ0v) is 12.0. The fourth-order valence-electron chi connectivity index (χ4n) is 2.18. The lowest BCUT2D eigenvalue weighted by Gasteiger charge is -2.14. The Morgan fingerprint density at radius 1 is 0.875 bits per heavy atom. The third kappa shape index (κ3) is 3.58. The van der Waals surface area contributed by atoms with Crippen molar-refractivity contribution in [3.63, 3.8) is 0 Å². The van der Waals surface area contributed by atoms with Gasteiger partial charge in [-0.2, -0.15) is 26.3 Å². The zero-order chi connectivity index (χ0) is 18.3. The maximum Gasteiger partial charge on any atom is 0.417 e. The minimum atomic E-state index is -4.86. The van der Waals surface area contributed by atoms with Crippen LogP contribution in [0.5, 0.6) is 0 Å². The predicted octanol–water partition coefficient (Wildman–Crippen LogP) is 5.73. The number of ketones is 1. The van der Waals surface area contributed by atoms with E-state index in [-0.39, 0.29) is 11.6 Å². The van der Waals surface area contributed by atoms with E-state index >= 15 is 0 Å². The van der Waals surface area contributed by atoms with Crippen LogP contribution in [-0.4, -0.2) is 5.78 Å². The van der Waals surface area contributed by atoms with Gasteiger partial charge in [0, 0.05) is 11.1 Å². The summed E-state index contributed by atoms with van der Waals surface area (Å²) in [6.45, 7) is 0.947. The number of Topliss-reactive ketones (excluding diaryl/α,β-unsaturated/α-hetero) is 1.